The van der Waals surface area contributed by atoms with Crippen LogP contribution in [0, 0.1) is 27.3 Å². The Bertz CT molecular complexity index is 6330. The average Bonchev–Trinajstić information content (AvgIpc) is 1.53. The second-order valence-corrected chi connectivity index (χ2v) is 36.0. The number of morpholine rings is 1. The van der Waals surface area contributed by atoms with E-state index in [0.29, 0.717) is 108 Å². The van der Waals surface area contributed by atoms with Gasteiger partial charge in [0.15, 0.2) is 5.69 Å². The lowest BCUT2D eigenvalue weighted by atomic mass is 10.0. The van der Waals surface area contributed by atoms with Crippen LogP contribution in [0.3, 0.4) is 0 Å². The zero-order valence-corrected chi connectivity index (χ0v) is 78.9. The molecule has 2 fully saturated rings. The standard InChI is InChI=1S/C25H25F3N6OS.C24H25N7S.C23H26ClN7S.C23H23ClN6OS/c1-14-19(5-6-21(30-14)35-17-7-9-34(2)10-8-17)32-24-29-13-15-11-22(36)31-20-12-16(25(26,27)28)3-4-18(20)23(15)33-24;1-15-20(10-16(13-26-15)6-5-9-31(3)4)29-24-27-14-17-11-22(32)28-21-12-18(25-2)7-8-19(21)23(17)30-24;1-14-18(7-8-20(27-14)25-9-4-10-31(2)3)29-23-26-13-15-11-21(32)28-19-12-16(24)5-6-17(19)22(15)30-23;24-17-1-2-19-20(11-17)28-21(32)10-16-13-26-23(29-22(16)19)27-18-9-15(12-25-14-18)3-4-30-5-7-31-8-6-30/h3-6,12-13,17H,7-11H2,1-2H3,(H,31,36)(H,29,32,33);7-8,10,12-14H,5-6,9,11H2,1,3-4H3,(H,28,32)(H,27,29,30);5-8,12-13H,4,9-11H2,1-3H3,(H,25,27)(H,28,32)(H,26,29,30);1-2,9,11-14H,3-8,10H2,(H,28,32)(H,26,27,29). The summed E-state index contributed by atoms with van der Waals surface area (Å²) in [4.78, 5) is 70.3. The highest BCUT2D eigenvalue weighted by Crippen LogP contribution is 2.43. The van der Waals surface area contributed by atoms with E-state index in [9.17, 15) is 13.2 Å². The van der Waals surface area contributed by atoms with Crippen molar-refractivity contribution < 1.29 is 22.6 Å². The molecule has 28 nitrogen and oxygen atoms in total. The minimum atomic E-state index is -4.46. The number of hydrogen-bond donors (Lipinski definition) is 9. The number of hydrogen-bond acceptors (Lipinski definition) is 27. The van der Waals surface area contributed by atoms with Crippen LogP contribution in [0.15, 0.2) is 153 Å². The van der Waals surface area contributed by atoms with Gasteiger partial charge in [0.1, 0.15) is 11.9 Å². The Morgan fingerprint density at radius 3 is 1.50 bits per heavy atom. The first-order valence-electron chi connectivity index (χ1n) is 43.2. The van der Waals surface area contributed by atoms with E-state index in [1.54, 1.807) is 18.5 Å². The van der Waals surface area contributed by atoms with Gasteiger partial charge in [0.25, 0.3) is 0 Å². The summed E-state index contributed by atoms with van der Waals surface area (Å²) in [5.41, 5.74) is 20.8. The van der Waals surface area contributed by atoms with E-state index in [2.05, 4.69) is 165 Å². The van der Waals surface area contributed by atoms with E-state index < -0.39 is 11.7 Å². The summed E-state index contributed by atoms with van der Waals surface area (Å²) >= 11 is 34.1. The molecule has 0 bridgehead atoms. The maximum atomic E-state index is 13.3. The van der Waals surface area contributed by atoms with Crippen LogP contribution in [-0.4, -0.2) is 206 Å². The quantitative estimate of drug-likeness (QED) is 0.0173. The molecule has 0 saturated carbocycles. The summed E-state index contributed by atoms with van der Waals surface area (Å²) in [6, 6.07) is 32.3. The SMILES string of the molecule is Cc1nc(NCCCN(C)C)ccc1Nc1ncc2c(n1)-c1ccc(Cl)cc1NC(=S)C2.Cc1nc(OC2CCN(C)CC2)ccc1Nc1ncc2c(n1)-c1ccc(C(F)(F)F)cc1NC(=S)C2.S=C1Cc2cnc(Nc3cncc(CCN4CCOCC4)c3)nc2-c2ccc(Cl)cc2N1.[C-]#[N+]c1ccc2c(c1)NC(=S)Cc1cnc(Nc3cc(CCCN(C)C)cnc3C)nc1-2. The fourth-order valence-electron chi connectivity index (χ4n) is 15.5. The maximum absolute atomic E-state index is 13.3. The monoisotopic (exact) mass is 1890 g/mol. The minimum Gasteiger partial charge on any atom is -0.474 e. The van der Waals surface area contributed by atoms with Crippen LogP contribution in [0.25, 0.3) is 49.9 Å². The minimum absolute atomic E-state index is 0.150. The van der Waals surface area contributed by atoms with Crippen LogP contribution < -0.4 is 52.6 Å². The van der Waals surface area contributed by atoms with E-state index in [-0.39, 0.29) is 11.8 Å². The van der Waals surface area contributed by atoms with E-state index in [4.69, 9.17) is 103 Å². The molecular weight excluding hydrogens is 1790 g/mol. The molecule has 132 heavy (non-hydrogen) atoms. The van der Waals surface area contributed by atoms with Gasteiger partial charge in [0.05, 0.1) is 114 Å². The van der Waals surface area contributed by atoms with Crippen molar-refractivity contribution in [2.24, 2.45) is 0 Å². The third-order valence-corrected chi connectivity index (χ3v) is 23.9. The van der Waals surface area contributed by atoms with Crippen molar-refractivity contribution in [2.45, 2.75) is 97.3 Å². The van der Waals surface area contributed by atoms with Gasteiger partial charge < -0.3 is 72.0 Å². The van der Waals surface area contributed by atoms with E-state index >= 15 is 0 Å². The first kappa shape index (κ1) is 94.5. The van der Waals surface area contributed by atoms with Gasteiger partial charge in [0, 0.05) is 186 Å². The Balaban J connectivity index is 0.000000135. The number of benzene rings is 4. The smallest absolute Gasteiger partial charge is 0.416 e. The number of aromatic nitrogens is 12. The molecule has 9 N–H and O–H groups in total. The number of thiocarbonyl (C=S) groups is 4. The Morgan fingerprint density at radius 2 is 0.985 bits per heavy atom. The third kappa shape index (κ3) is 25.2. The molecule has 0 aliphatic carbocycles. The van der Waals surface area contributed by atoms with Crippen LogP contribution in [0.5, 0.6) is 5.88 Å². The van der Waals surface area contributed by atoms with Crippen LogP contribution in [0.1, 0.15) is 81.7 Å². The first-order valence-corrected chi connectivity index (χ1v) is 45.6. The largest absolute Gasteiger partial charge is 0.474 e. The van der Waals surface area contributed by atoms with Crippen LogP contribution in [0.2, 0.25) is 10.0 Å². The lowest BCUT2D eigenvalue weighted by Crippen LogP contribution is -2.37. The molecule has 4 aromatic carbocycles. The summed E-state index contributed by atoms with van der Waals surface area (Å²) < 4.78 is 51.3. The Labute approximate surface area is 796 Å². The van der Waals surface area contributed by atoms with Gasteiger partial charge in [-0.1, -0.05) is 90.3 Å². The molecule has 8 aromatic heterocycles. The highest BCUT2D eigenvalue weighted by Gasteiger charge is 2.33. The first-order chi connectivity index (χ1) is 63.6. The molecule has 6 aliphatic heterocycles. The van der Waals surface area contributed by atoms with Crippen molar-refractivity contribution in [3.63, 3.8) is 0 Å². The van der Waals surface area contributed by atoms with Gasteiger partial charge in [-0.2, -0.15) is 13.2 Å². The summed E-state index contributed by atoms with van der Waals surface area (Å²) in [5.74, 6) is 3.27. The van der Waals surface area contributed by atoms with Gasteiger partial charge in [-0.25, -0.2) is 54.7 Å². The zero-order valence-electron chi connectivity index (χ0n) is 74.1. The highest BCUT2D eigenvalue weighted by molar-refractivity contribution is 7.81. The van der Waals surface area contributed by atoms with E-state index in [1.807, 2.05) is 125 Å². The summed E-state index contributed by atoms with van der Waals surface area (Å²) in [5, 5.41) is 30.5. The number of rotatable bonds is 22. The van der Waals surface area contributed by atoms with Crippen molar-refractivity contribution in [1.82, 2.24) is 79.4 Å². The molecule has 0 amide bonds. The van der Waals surface area contributed by atoms with Crippen molar-refractivity contribution in [3.05, 3.63) is 230 Å². The molecule has 18 rings (SSSR count). The third-order valence-electron chi connectivity index (χ3n) is 22.4. The Kier molecular flexibility index (Phi) is 31.1. The molecule has 0 radical (unpaired) electrons. The predicted molar refractivity (Wildman–Crippen MR) is 536 cm³/mol. The number of piperidine rings is 1. The number of halogens is 5. The number of fused-ring (bicyclic) bond motifs is 12. The van der Waals surface area contributed by atoms with Crippen molar-refractivity contribution in [2.75, 3.05) is 149 Å². The summed E-state index contributed by atoms with van der Waals surface area (Å²) in [6.07, 6.45) is 16.4. The maximum Gasteiger partial charge on any atom is 0.416 e. The van der Waals surface area contributed by atoms with Gasteiger partial charge in [0.2, 0.25) is 29.7 Å². The Morgan fingerprint density at radius 1 is 0.508 bits per heavy atom. The van der Waals surface area contributed by atoms with Gasteiger partial charge >= 0.3 is 6.18 Å². The molecule has 12 aromatic rings. The van der Waals surface area contributed by atoms with Crippen molar-refractivity contribution in [1.29, 1.82) is 0 Å². The lowest BCUT2D eigenvalue weighted by Gasteiger charge is -2.29. The van der Waals surface area contributed by atoms with Crippen LogP contribution >= 0.6 is 72.1 Å². The average molecular weight is 1890 g/mol. The normalized spacial score (nSPS) is 14.4. The fourth-order valence-corrected chi connectivity index (χ4v) is 16.9. The summed E-state index contributed by atoms with van der Waals surface area (Å²) in [6.45, 7) is 22.6. The van der Waals surface area contributed by atoms with Gasteiger partial charge in [-0.3, -0.25) is 14.9 Å². The number of alkyl halides is 3. The molecule has 14 heterocycles. The Hall–Kier alpha value is -12.2. The second kappa shape index (κ2) is 43.5. The van der Waals surface area contributed by atoms with E-state index in [1.165, 1.54) is 17.2 Å². The number of nitrogens with zero attached hydrogens (tertiary/aromatic N) is 17. The molecule has 680 valence electrons. The number of ether oxygens (including phenoxy) is 2. The predicted octanol–water partition coefficient (Wildman–Crippen LogP) is 19.3. The molecule has 0 atom stereocenters. The second-order valence-electron chi connectivity index (χ2n) is 33.1. The number of likely N-dealkylation sites (tertiary alicyclic amines) is 1. The molecule has 37 heteroatoms. The molecule has 0 unspecified atom stereocenters. The molecule has 0 spiro atoms. The summed E-state index contributed by atoms with van der Waals surface area (Å²) in [7, 11) is 10.4. The molecular formula is C95H99Cl2F3N26O2S4. The highest BCUT2D eigenvalue weighted by atomic mass is 35.5. The number of aryl methyl sites for hydroxylation is 4. The fraction of sp³-hybridized carbons (Fsp3) is 0.316. The topological polar surface area (TPSA) is 299 Å². The van der Waals surface area contributed by atoms with Crippen molar-refractivity contribution in [3.8, 4) is 50.9 Å². The zero-order chi connectivity index (χ0) is 92.7. The van der Waals surface area contributed by atoms with Crippen LogP contribution in [0.4, 0.5) is 94.0 Å². The van der Waals surface area contributed by atoms with Gasteiger partial charge in [-0.15, -0.1) is 0 Å². The van der Waals surface area contributed by atoms with Crippen molar-refractivity contribution >= 4 is 173 Å². The number of nitrogens with one attached hydrogen (secondary N) is 9. The van der Waals surface area contributed by atoms with Crippen LogP contribution in [-0.2, 0) is 49.4 Å². The van der Waals surface area contributed by atoms with Gasteiger partial charge in [-0.05, 0) is 204 Å². The number of anilines is 13. The molecule has 6 aliphatic rings. The number of pyridine rings is 4. The van der Waals surface area contributed by atoms with E-state index in [0.717, 1.165) is 229 Å². The lowest BCUT2D eigenvalue weighted by molar-refractivity contribution is -0.137. The molecule has 2 saturated heterocycles.